The normalized spacial score (nSPS) is 23.0. The maximum atomic E-state index is 12.0. The fourth-order valence-corrected chi connectivity index (χ4v) is 5.20. The fraction of sp³-hybridized carbons (Fsp3) is 0.583. The molecule has 6 nitrogen and oxygen atoms in total. The van der Waals surface area contributed by atoms with Crippen molar-refractivity contribution >= 4 is 43.2 Å². The van der Waals surface area contributed by atoms with Crippen LogP contribution in [-0.4, -0.2) is 40.0 Å². The Morgan fingerprint density at radius 3 is 2.90 bits per heavy atom. The Morgan fingerprint density at radius 1 is 1.52 bits per heavy atom. The highest BCUT2D eigenvalue weighted by Crippen LogP contribution is 2.25. The zero-order valence-electron chi connectivity index (χ0n) is 11.6. The molecule has 1 aliphatic heterocycles. The lowest BCUT2D eigenvalue weighted by Gasteiger charge is -2.30. The van der Waals surface area contributed by atoms with Gasteiger partial charge in [0.25, 0.3) is 10.0 Å². The number of rotatable bonds is 5. The van der Waals surface area contributed by atoms with Gasteiger partial charge in [-0.3, -0.25) is 4.79 Å². The van der Waals surface area contributed by atoms with Crippen molar-refractivity contribution in [3.63, 3.8) is 0 Å². The van der Waals surface area contributed by atoms with Gasteiger partial charge in [0.15, 0.2) is 0 Å². The van der Waals surface area contributed by atoms with Gasteiger partial charge in [-0.15, -0.1) is 11.3 Å². The Hall–Kier alpha value is -0.480. The zero-order valence-corrected chi connectivity index (χ0v) is 14.8. The third kappa shape index (κ3) is 4.75. The minimum atomic E-state index is -3.62. The second-order valence-corrected chi connectivity index (χ2v) is 9.48. The van der Waals surface area contributed by atoms with E-state index in [-0.39, 0.29) is 22.7 Å². The molecule has 0 spiro atoms. The molecule has 2 heterocycles. The lowest BCUT2D eigenvalue weighted by molar-refractivity contribution is -0.121. The van der Waals surface area contributed by atoms with Crippen molar-refractivity contribution in [3.8, 4) is 0 Å². The largest absolute Gasteiger partial charge is 0.352 e. The Bertz CT molecular complexity index is 603. The van der Waals surface area contributed by atoms with Crippen LogP contribution in [0.15, 0.2) is 20.1 Å². The molecule has 1 amide bonds. The number of sulfonamides is 1. The number of amides is 1. The Labute approximate surface area is 136 Å². The molecule has 118 valence electrons. The zero-order chi connectivity index (χ0) is 15.5. The van der Waals surface area contributed by atoms with Crippen LogP contribution >= 0.6 is 27.3 Å². The van der Waals surface area contributed by atoms with E-state index < -0.39 is 10.0 Å². The standard InChI is InChI=1S/C12H18BrN3O3S2/c1-8-6-14-5-4-9(8)16-11(17)7-15-21(18,19)12-3-2-10(13)20-12/h2-3,8-9,14-15H,4-7H2,1H3,(H,16,17). The van der Waals surface area contributed by atoms with Crippen molar-refractivity contribution in [3.05, 3.63) is 15.9 Å². The number of thiophene rings is 1. The molecule has 1 saturated heterocycles. The van der Waals surface area contributed by atoms with E-state index in [1.165, 1.54) is 6.07 Å². The van der Waals surface area contributed by atoms with E-state index in [0.29, 0.717) is 5.92 Å². The predicted molar refractivity (Wildman–Crippen MR) is 85.8 cm³/mol. The van der Waals surface area contributed by atoms with E-state index in [2.05, 4.69) is 38.2 Å². The molecular weight excluding hydrogens is 378 g/mol. The van der Waals surface area contributed by atoms with Crippen molar-refractivity contribution in [2.24, 2.45) is 5.92 Å². The number of nitrogens with one attached hydrogen (secondary N) is 3. The van der Waals surface area contributed by atoms with E-state index in [4.69, 9.17) is 0 Å². The molecule has 0 radical (unpaired) electrons. The van der Waals surface area contributed by atoms with Gasteiger partial charge in [0.1, 0.15) is 4.21 Å². The maximum absolute atomic E-state index is 12.0. The van der Waals surface area contributed by atoms with Crippen molar-refractivity contribution in [1.29, 1.82) is 0 Å². The van der Waals surface area contributed by atoms with Crippen molar-refractivity contribution in [2.75, 3.05) is 19.6 Å². The van der Waals surface area contributed by atoms with E-state index in [1.807, 2.05) is 0 Å². The first-order chi connectivity index (χ1) is 9.88. The topological polar surface area (TPSA) is 87.3 Å². The summed E-state index contributed by atoms with van der Waals surface area (Å²) in [6.45, 7) is 3.54. The Balaban J connectivity index is 1.86. The molecule has 2 atom stereocenters. The van der Waals surface area contributed by atoms with Gasteiger partial charge in [-0.05, 0) is 53.5 Å². The highest BCUT2D eigenvalue weighted by molar-refractivity contribution is 9.11. The first-order valence-electron chi connectivity index (χ1n) is 6.63. The fourth-order valence-electron chi connectivity index (χ4n) is 2.16. The van der Waals surface area contributed by atoms with Crippen LogP contribution in [0, 0.1) is 5.92 Å². The average molecular weight is 396 g/mol. The lowest BCUT2D eigenvalue weighted by Crippen LogP contribution is -2.50. The average Bonchev–Trinajstić information content (AvgIpc) is 2.87. The molecule has 0 saturated carbocycles. The molecule has 1 aliphatic rings. The molecule has 1 aromatic rings. The minimum absolute atomic E-state index is 0.0964. The molecule has 0 bridgehead atoms. The molecule has 3 N–H and O–H groups in total. The summed E-state index contributed by atoms with van der Waals surface area (Å²) in [4.78, 5) is 11.9. The summed E-state index contributed by atoms with van der Waals surface area (Å²) in [6.07, 6.45) is 0.859. The molecule has 2 unspecified atom stereocenters. The number of piperidine rings is 1. The molecule has 0 aromatic carbocycles. The molecule has 0 aliphatic carbocycles. The summed E-state index contributed by atoms with van der Waals surface area (Å²) < 4.78 is 27.2. The predicted octanol–water partition coefficient (Wildman–Crippen LogP) is 0.903. The summed E-state index contributed by atoms with van der Waals surface area (Å²) in [7, 11) is -3.62. The summed E-state index contributed by atoms with van der Waals surface area (Å²) in [6, 6.07) is 3.26. The first kappa shape index (κ1) is 16.9. The molecule has 1 fully saturated rings. The number of hydrogen-bond acceptors (Lipinski definition) is 5. The number of hydrogen-bond donors (Lipinski definition) is 3. The van der Waals surface area contributed by atoms with Crippen LogP contribution in [0.1, 0.15) is 13.3 Å². The van der Waals surface area contributed by atoms with E-state index >= 15 is 0 Å². The summed E-state index contributed by atoms with van der Waals surface area (Å²) in [5.74, 6) is 0.0421. The van der Waals surface area contributed by atoms with Gasteiger partial charge < -0.3 is 10.6 Å². The van der Waals surface area contributed by atoms with Crippen molar-refractivity contribution in [2.45, 2.75) is 23.6 Å². The van der Waals surface area contributed by atoms with Gasteiger partial charge in [-0.1, -0.05) is 6.92 Å². The quantitative estimate of drug-likeness (QED) is 0.691. The van der Waals surface area contributed by atoms with Crippen LogP contribution in [0.3, 0.4) is 0 Å². The molecule has 2 rings (SSSR count). The molecule has 1 aromatic heterocycles. The summed E-state index contributed by atoms with van der Waals surface area (Å²) in [5.41, 5.74) is 0. The summed E-state index contributed by atoms with van der Waals surface area (Å²) >= 11 is 4.33. The smallest absolute Gasteiger partial charge is 0.250 e. The van der Waals surface area contributed by atoms with Crippen LogP contribution in [0.2, 0.25) is 0 Å². The van der Waals surface area contributed by atoms with Gasteiger partial charge in [-0.2, -0.15) is 0 Å². The number of carbonyl (C=O) groups is 1. The highest BCUT2D eigenvalue weighted by Gasteiger charge is 2.23. The van der Waals surface area contributed by atoms with Crippen LogP contribution in [0.4, 0.5) is 0 Å². The second kappa shape index (κ2) is 7.19. The summed E-state index contributed by atoms with van der Waals surface area (Å²) in [5, 5.41) is 6.14. The van der Waals surface area contributed by atoms with Crippen molar-refractivity contribution in [1.82, 2.24) is 15.4 Å². The SMILES string of the molecule is CC1CNCCC1NC(=O)CNS(=O)(=O)c1ccc(Br)s1. The van der Waals surface area contributed by atoms with Crippen LogP contribution in [-0.2, 0) is 14.8 Å². The third-order valence-corrected chi connectivity index (χ3v) is 6.88. The highest BCUT2D eigenvalue weighted by atomic mass is 79.9. The molecule has 9 heteroatoms. The molecular formula is C12H18BrN3O3S2. The van der Waals surface area contributed by atoms with Gasteiger partial charge in [0.2, 0.25) is 5.91 Å². The van der Waals surface area contributed by atoms with Crippen LogP contribution < -0.4 is 15.4 Å². The Morgan fingerprint density at radius 2 is 2.29 bits per heavy atom. The maximum Gasteiger partial charge on any atom is 0.250 e. The van der Waals surface area contributed by atoms with E-state index in [9.17, 15) is 13.2 Å². The van der Waals surface area contributed by atoms with Gasteiger partial charge >= 0.3 is 0 Å². The van der Waals surface area contributed by atoms with Crippen LogP contribution in [0.25, 0.3) is 0 Å². The molecule has 21 heavy (non-hydrogen) atoms. The van der Waals surface area contributed by atoms with Gasteiger partial charge in [-0.25, -0.2) is 13.1 Å². The monoisotopic (exact) mass is 395 g/mol. The Kier molecular flexibility index (Phi) is 5.78. The lowest BCUT2D eigenvalue weighted by atomic mass is 9.95. The van der Waals surface area contributed by atoms with Gasteiger partial charge in [0.05, 0.1) is 10.3 Å². The number of halogens is 1. The second-order valence-electron chi connectivity index (χ2n) is 5.03. The third-order valence-electron chi connectivity index (χ3n) is 3.37. The minimum Gasteiger partial charge on any atom is -0.352 e. The van der Waals surface area contributed by atoms with E-state index in [1.54, 1.807) is 6.07 Å². The van der Waals surface area contributed by atoms with Crippen molar-refractivity contribution < 1.29 is 13.2 Å². The number of carbonyl (C=O) groups excluding carboxylic acids is 1. The first-order valence-corrected chi connectivity index (χ1v) is 9.73. The van der Waals surface area contributed by atoms with Crippen LogP contribution in [0.5, 0.6) is 0 Å². The van der Waals surface area contributed by atoms with E-state index in [0.717, 1.165) is 34.6 Å². The van der Waals surface area contributed by atoms with Gasteiger partial charge in [0, 0.05) is 6.04 Å².